The van der Waals surface area contributed by atoms with Crippen LogP contribution in [0.25, 0.3) is 10.8 Å². The van der Waals surface area contributed by atoms with Gasteiger partial charge in [-0.3, -0.25) is 4.79 Å². The highest BCUT2D eigenvalue weighted by atomic mass is 16.5. The molecule has 152 valence electrons. The van der Waals surface area contributed by atoms with E-state index >= 15 is 0 Å². The summed E-state index contributed by atoms with van der Waals surface area (Å²) in [4.78, 5) is 13.1. The van der Waals surface area contributed by atoms with Crippen LogP contribution in [0.4, 0.5) is 5.69 Å². The molecule has 1 aliphatic rings. The van der Waals surface area contributed by atoms with Gasteiger partial charge in [-0.15, -0.1) is 0 Å². The lowest BCUT2D eigenvalue weighted by atomic mass is 10.1. The Bertz CT molecular complexity index is 1070. The number of ether oxygens (including phenoxy) is 2. The van der Waals surface area contributed by atoms with Crippen LogP contribution in [0.5, 0.6) is 11.5 Å². The van der Waals surface area contributed by atoms with Crippen molar-refractivity contribution in [1.82, 2.24) is 4.57 Å². The SMILES string of the molecule is COc1ccc(Cn2ccc3ccc(NCC(O)C4CC4)cc3c2=O)c(OC)c1. The molecule has 0 spiro atoms. The van der Waals surface area contributed by atoms with Gasteiger partial charge in [0.2, 0.25) is 0 Å². The van der Waals surface area contributed by atoms with E-state index in [0.29, 0.717) is 35.9 Å². The molecule has 1 heterocycles. The van der Waals surface area contributed by atoms with Crippen LogP contribution in [-0.4, -0.2) is 36.5 Å². The minimum atomic E-state index is -0.333. The van der Waals surface area contributed by atoms with Crippen molar-refractivity contribution in [2.45, 2.75) is 25.5 Å². The average Bonchev–Trinajstić information content (AvgIpc) is 3.60. The normalized spacial score (nSPS) is 14.6. The van der Waals surface area contributed by atoms with Crippen LogP contribution in [0.15, 0.2) is 53.5 Å². The summed E-state index contributed by atoms with van der Waals surface area (Å²) >= 11 is 0. The number of methoxy groups -OCH3 is 2. The van der Waals surface area contributed by atoms with Gasteiger partial charge in [0.05, 0.1) is 26.9 Å². The van der Waals surface area contributed by atoms with E-state index in [-0.39, 0.29) is 11.7 Å². The quantitative estimate of drug-likeness (QED) is 0.614. The summed E-state index contributed by atoms with van der Waals surface area (Å²) in [5.74, 6) is 1.81. The van der Waals surface area contributed by atoms with E-state index < -0.39 is 0 Å². The lowest BCUT2D eigenvalue weighted by Crippen LogP contribution is -2.22. The third kappa shape index (κ3) is 4.22. The van der Waals surface area contributed by atoms with Crippen LogP contribution < -0.4 is 20.3 Å². The molecule has 1 aliphatic carbocycles. The van der Waals surface area contributed by atoms with Gasteiger partial charge >= 0.3 is 0 Å². The molecule has 6 nitrogen and oxygen atoms in total. The van der Waals surface area contributed by atoms with Crippen LogP contribution in [0.3, 0.4) is 0 Å². The van der Waals surface area contributed by atoms with Gasteiger partial charge in [-0.05, 0) is 54.5 Å². The fraction of sp³-hybridized carbons (Fsp3) is 0.348. The third-order valence-corrected chi connectivity index (χ3v) is 5.50. The van der Waals surface area contributed by atoms with Crippen LogP contribution in [0, 0.1) is 5.92 Å². The van der Waals surface area contributed by atoms with Crippen LogP contribution in [0.1, 0.15) is 18.4 Å². The largest absolute Gasteiger partial charge is 0.497 e. The number of anilines is 1. The van der Waals surface area contributed by atoms with Crippen molar-refractivity contribution in [2.24, 2.45) is 5.92 Å². The Labute approximate surface area is 169 Å². The number of hydrogen-bond donors (Lipinski definition) is 2. The predicted molar refractivity (Wildman–Crippen MR) is 114 cm³/mol. The maximum atomic E-state index is 13.1. The van der Waals surface area contributed by atoms with E-state index in [1.807, 2.05) is 42.5 Å². The molecule has 1 unspecified atom stereocenters. The number of benzene rings is 2. The Morgan fingerprint density at radius 1 is 1.14 bits per heavy atom. The van der Waals surface area contributed by atoms with E-state index in [4.69, 9.17) is 9.47 Å². The highest BCUT2D eigenvalue weighted by Gasteiger charge is 2.29. The summed E-state index contributed by atoms with van der Waals surface area (Å²) < 4.78 is 12.4. The highest BCUT2D eigenvalue weighted by Crippen LogP contribution is 2.32. The summed E-state index contributed by atoms with van der Waals surface area (Å²) in [6, 6.07) is 13.3. The summed E-state index contributed by atoms with van der Waals surface area (Å²) in [6.07, 6.45) is 3.67. The number of nitrogens with zero attached hydrogens (tertiary/aromatic N) is 1. The molecule has 0 aliphatic heterocycles. The molecule has 0 radical (unpaired) electrons. The molecule has 0 saturated heterocycles. The van der Waals surface area contributed by atoms with Gasteiger partial charge in [-0.1, -0.05) is 6.07 Å². The zero-order chi connectivity index (χ0) is 20.4. The molecule has 1 fully saturated rings. The molecule has 29 heavy (non-hydrogen) atoms. The van der Waals surface area contributed by atoms with Gasteiger partial charge < -0.3 is 24.5 Å². The van der Waals surface area contributed by atoms with Crippen molar-refractivity contribution >= 4 is 16.5 Å². The van der Waals surface area contributed by atoms with Crippen molar-refractivity contribution < 1.29 is 14.6 Å². The Balaban J connectivity index is 1.60. The van der Waals surface area contributed by atoms with Crippen molar-refractivity contribution in [2.75, 3.05) is 26.1 Å². The Hall–Kier alpha value is -2.99. The van der Waals surface area contributed by atoms with Gasteiger partial charge in [0.1, 0.15) is 11.5 Å². The first-order valence-electron chi connectivity index (χ1n) is 9.85. The van der Waals surface area contributed by atoms with Crippen LogP contribution >= 0.6 is 0 Å². The predicted octanol–water partition coefficient (Wildman–Crippen LogP) is 3.25. The summed E-state index contributed by atoms with van der Waals surface area (Å²) in [7, 11) is 3.22. The standard InChI is InChI=1S/C23H26N2O4/c1-28-19-8-6-17(22(12-19)29-2)14-25-10-9-15-5-7-18(11-20(15)23(25)27)24-13-21(26)16-3-4-16/h5-12,16,21,24,26H,3-4,13-14H2,1-2H3. The van der Waals surface area contributed by atoms with Gasteiger partial charge in [0.25, 0.3) is 5.56 Å². The summed E-state index contributed by atoms with van der Waals surface area (Å²) in [6.45, 7) is 0.903. The molecule has 1 atom stereocenters. The maximum absolute atomic E-state index is 13.1. The molecule has 1 aromatic heterocycles. The second-order valence-corrected chi connectivity index (χ2v) is 7.51. The molecule has 6 heteroatoms. The molecule has 0 bridgehead atoms. The average molecular weight is 394 g/mol. The number of aromatic nitrogens is 1. The zero-order valence-electron chi connectivity index (χ0n) is 16.7. The number of rotatable bonds is 8. The molecular weight excluding hydrogens is 368 g/mol. The minimum Gasteiger partial charge on any atom is -0.497 e. The topological polar surface area (TPSA) is 72.7 Å². The van der Waals surface area contributed by atoms with Crippen LogP contribution in [0.2, 0.25) is 0 Å². The van der Waals surface area contributed by atoms with Crippen molar-refractivity contribution in [3.05, 3.63) is 64.6 Å². The van der Waals surface area contributed by atoms with E-state index in [2.05, 4.69) is 5.32 Å². The van der Waals surface area contributed by atoms with Gasteiger partial charge in [-0.25, -0.2) is 0 Å². The minimum absolute atomic E-state index is 0.0632. The number of hydrogen-bond acceptors (Lipinski definition) is 5. The number of fused-ring (bicyclic) bond motifs is 1. The molecule has 4 rings (SSSR count). The fourth-order valence-corrected chi connectivity index (χ4v) is 3.55. The first-order valence-corrected chi connectivity index (χ1v) is 9.85. The summed E-state index contributed by atoms with van der Waals surface area (Å²) in [5.41, 5.74) is 1.68. The summed E-state index contributed by atoms with van der Waals surface area (Å²) in [5, 5.41) is 14.9. The third-order valence-electron chi connectivity index (χ3n) is 5.50. The number of aliphatic hydroxyl groups is 1. The van der Waals surface area contributed by atoms with Crippen molar-refractivity contribution in [3.8, 4) is 11.5 Å². The smallest absolute Gasteiger partial charge is 0.258 e. The molecule has 1 saturated carbocycles. The maximum Gasteiger partial charge on any atom is 0.258 e. The lowest BCUT2D eigenvalue weighted by molar-refractivity contribution is 0.164. The zero-order valence-corrected chi connectivity index (χ0v) is 16.7. The van der Waals surface area contributed by atoms with E-state index in [0.717, 1.165) is 29.5 Å². The molecular formula is C23H26N2O4. The Kier molecular flexibility index (Phi) is 5.45. The van der Waals surface area contributed by atoms with Gasteiger partial charge in [0.15, 0.2) is 0 Å². The van der Waals surface area contributed by atoms with E-state index in [1.165, 1.54) is 0 Å². The molecule has 0 amide bonds. The molecule has 3 aromatic rings. The molecule has 2 aromatic carbocycles. The Morgan fingerprint density at radius 3 is 2.69 bits per heavy atom. The fourth-order valence-electron chi connectivity index (χ4n) is 3.55. The first-order chi connectivity index (χ1) is 14.1. The highest BCUT2D eigenvalue weighted by molar-refractivity contribution is 5.84. The van der Waals surface area contributed by atoms with Gasteiger partial charge in [0, 0.05) is 35.4 Å². The number of pyridine rings is 1. The van der Waals surface area contributed by atoms with Crippen molar-refractivity contribution in [3.63, 3.8) is 0 Å². The monoisotopic (exact) mass is 394 g/mol. The Morgan fingerprint density at radius 2 is 1.97 bits per heavy atom. The lowest BCUT2D eigenvalue weighted by Gasteiger charge is -2.14. The van der Waals surface area contributed by atoms with E-state index in [9.17, 15) is 9.90 Å². The number of aliphatic hydroxyl groups excluding tert-OH is 1. The van der Waals surface area contributed by atoms with Crippen molar-refractivity contribution in [1.29, 1.82) is 0 Å². The number of nitrogens with one attached hydrogen (secondary N) is 1. The van der Waals surface area contributed by atoms with Gasteiger partial charge in [-0.2, -0.15) is 0 Å². The van der Waals surface area contributed by atoms with Crippen LogP contribution in [-0.2, 0) is 6.54 Å². The first kappa shape index (κ1) is 19.3. The second kappa shape index (κ2) is 8.17. The molecule has 2 N–H and O–H groups in total. The van der Waals surface area contributed by atoms with E-state index in [1.54, 1.807) is 25.0 Å². The second-order valence-electron chi connectivity index (χ2n) is 7.51.